The predicted octanol–water partition coefficient (Wildman–Crippen LogP) is 1.94. The quantitative estimate of drug-likeness (QED) is 0.683. The number of hydrogen-bond acceptors (Lipinski definition) is 5. The van der Waals surface area contributed by atoms with Crippen LogP contribution >= 0.6 is 0 Å². The number of aromatic nitrogens is 2. The van der Waals surface area contributed by atoms with Gasteiger partial charge in [0.15, 0.2) is 0 Å². The fraction of sp³-hybridized carbons (Fsp3) is 0.577. The second-order valence-electron chi connectivity index (χ2n) is 10.1. The van der Waals surface area contributed by atoms with Crippen molar-refractivity contribution in [3.8, 4) is 0 Å². The minimum atomic E-state index is -0.286. The van der Waals surface area contributed by atoms with Crippen LogP contribution in [0.3, 0.4) is 0 Å². The molecule has 34 heavy (non-hydrogen) atoms. The molecule has 1 aromatic carbocycles. The van der Waals surface area contributed by atoms with E-state index in [2.05, 4.69) is 39.8 Å². The third-order valence-corrected chi connectivity index (χ3v) is 7.67. The highest BCUT2D eigenvalue weighted by molar-refractivity contribution is 5.95. The first kappa shape index (κ1) is 23.1. The maximum absolute atomic E-state index is 13.1. The minimum absolute atomic E-state index is 0.00951. The molecule has 1 aliphatic carbocycles. The van der Waals surface area contributed by atoms with Gasteiger partial charge in [-0.3, -0.25) is 14.3 Å². The van der Waals surface area contributed by atoms with Crippen molar-refractivity contribution in [1.82, 2.24) is 24.9 Å². The van der Waals surface area contributed by atoms with E-state index in [1.807, 2.05) is 22.6 Å². The average Bonchev–Trinajstić information content (AvgIpc) is 3.48. The third kappa shape index (κ3) is 4.88. The molecule has 2 N–H and O–H groups in total. The summed E-state index contributed by atoms with van der Waals surface area (Å²) in [5.41, 5.74) is 5.44. The molecule has 8 nitrogen and oxygen atoms in total. The van der Waals surface area contributed by atoms with Crippen molar-refractivity contribution in [2.24, 2.45) is 5.92 Å². The lowest BCUT2D eigenvalue weighted by Gasteiger charge is -2.33. The summed E-state index contributed by atoms with van der Waals surface area (Å²) in [7, 11) is 2.09. The Kier molecular flexibility index (Phi) is 6.70. The van der Waals surface area contributed by atoms with Crippen LogP contribution < -0.4 is 10.6 Å². The number of likely N-dealkylation sites (N-methyl/N-ethyl adjacent to an activating group) is 1. The summed E-state index contributed by atoms with van der Waals surface area (Å²) in [4.78, 5) is 30.1. The molecule has 1 aromatic heterocycles. The standard InChI is InChI=1S/C26H36N6O2/c1-18(25(33)29-22-7-6-20-4-3-5-21(20)15-22)27-16-19-8-9-32-24(14-19)23(17-28-32)26(34)31-12-10-30(2)11-13-31/h6-7,15,17-19,27H,3-5,8-14,16H2,1-2H3,(H,29,33). The van der Waals surface area contributed by atoms with E-state index in [1.165, 1.54) is 17.5 Å². The molecule has 0 bridgehead atoms. The molecule has 1 fully saturated rings. The van der Waals surface area contributed by atoms with Gasteiger partial charge < -0.3 is 20.4 Å². The SMILES string of the molecule is CC(NCC1CCn2ncc(C(=O)N3CCN(C)CC3)c2C1)C(=O)Nc1ccc2c(c1)CCC2. The largest absolute Gasteiger partial charge is 0.336 e. The van der Waals surface area contributed by atoms with E-state index in [9.17, 15) is 9.59 Å². The number of fused-ring (bicyclic) bond motifs is 2. The van der Waals surface area contributed by atoms with Crippen LogP contribution in [0.15, 0.2) is 24.4 Å². The second kappa shape index (κ2) is 9.88. The number of piperazine rings is 1. The van der Waals surface area contributed by atoms with Crippen molar-refractivity contribution in [1.29, 1.82) is 0 Å². The van der Waals surface area contributed by atoms with Crippen molar-refractivity contribution in [3.63, 3.8) is 0 Å². The zero-order chi connectivity index (χ0) is 23.7. The molecule has 1 saturated heterocycles. The summed E-state index contributed by atoms with van der Waals surface area (Å²) in [5, 5.41) is 11.0. The smallest absolute Gasteiger partial charge is 0.257 e. The second-order valence-corrected chi connectivity index (χ2v) is 10.1. The molecule has 5 rings (SSSR count). The number of rotatable bonds is 6. The summed E-state index contributed by atoms with van der Waals surface area (Å²) >= 11 is 0. The molecule has 0 spiro atoms. The first-order valence-corrected chi connectivity index (χ1v) is 12.7. The van der Waals surface area contributed by atoms with Gasteiger partial charge in [0.2, 0.25) is 5.91 Å². The van der Waals surface area contributed by atoms with Gasteiger partial charge in [0, 0.05) is 38.4 Å². The number of carbonyl (C=O) groups excluding carboxylic acids is 2. The number of nitrogens with one attached hydrogen (secondary N) is 2. The van der Waals surface area contributed by atoms with Gasteiger partial charge in [0.25, 0.3) is 5.91 Å². The van der Waals surface area contributed by atoms with E-state index in [4.69, 9.17) is 0 Å². The van der Waals surface area contributed by atoms with Gasteiger partial charge in [-0.25, -0.2) is 0 Å². The van der Waals surface area contributed by atoms with Crippen molar-refractivity contribution in [2.75, 3.05) is 45.1 Å². The Labute approximate surface area is 201 Å². The lowest BCUT2D eigenvalue weighted by Crippen LogP contribution is -2.47. The van der Waals surface area contributed by atoms with E-state index in [-0.39, 0.29) is 17.9 Å². The van der Waals surface area contributed by atoms with Gasteiger partial charge in [0.1, 0.15) is 0 Å². The van der Waals surface area contributed by atoms with Crippen LogP contribution in [0.2, 0.25) is 0 Å². The van der Waals surface area contributed by atoms with Crippen LogP contribution in [-0.2, 0) is 30.6 Å². The zero-order valence-corrected chi connectivity index (χ0v) is 20.3. The van der Waals surface area contributed by atoms with Gasteiger partial charge in [0.05, 0.1) is 23.5 Å². The van der Waals surface area contributed by atoms with Gasteiger partial charge >= 0.3 is 0 Å². The van der Waals surface area contributed by atoms with Gasteiger partial charge in [-0.2, -0.15) is 5.10 Å². The van der Waals surface area contributed by atoms with Crippen molar-refractivity contribution >= 4 is 17.5 Å². The highest BCUT2D eigenvalue weighted by Gasteiger charge is 2.29. The summed E-state index contributed by atoms with van der Waals surface area (Å²) < 4.78 is 1.99. The van der Waals surface area contributed by atoms with E-state index >= 15 is 0 Å². The van der Waals surface area contributed by atoms with Crippen molar-refractivity contribution < 1.29 is 9.59 Å². The molecule has 2 unspecified atom stereocenters. The molecule has 2 atom stereocenters. The number of nitrogens with zero attached hydrogens (tertiary/aromatic N) is 4. The highest BCUT2D eigenvalue weighted by Crippen LogP contribution is 2.26. The maximum Gasteiger partial charge on any atom is 0.257 e. The van der Waals surface area contributed by atoms with E-state index < -0.39 is 0 Å². The van der Waals surface area contributed by atoms with E-state index in [0.29, 0.717) is 5.92 Å². The van der Waals surface area contributed by atoms with Crippen LogP contribution in [0.5, 0.6) is 0 Å². The Morgan fingerprint density at radius 1 is 1.12 bits per heavy atom. The predicted molar refractivity (Wildman–Crippen MR) is 132 cm³/mol. The highest BCUT2D eigenvalue weighted by atomic mass is 16.2. The van der Waals surface area contributed by atoms with Crippen LogP contribution in [0.4, 0.5) is 5.69 Å². The Bertz CT molecular complexity index is 1060. The number of aryl methyl sites for hydroxylation is 3. The maximum atomic E-state index is 13.1. The summed E-state index contributed by atoms with van der Waals surface area (Å²) in [6.45, 7) is 6.82. The lowest BCUT2D eigenvalue weighted by atomic mass is 9.93. The normalized spacial score (nSPS) is 21.1. The molecule has 182 valence electrons. The molecular formula is C26H36N6O2. The number of benzene rings is 1. The van der Waals surface area contributed by atoms with Gasteiger partial charge in [-0.1, -0.05) is 6.07 Å². The molecule has 8 heteroatoms. The van der Waals surface area contributed by atoms with Crippen LogP contribution in [-0.4, -0.2) is 77.2 Å². The molecule has 0 saturated carbocycles. The van der Waals surface area contributed by atoms with E-state index in [0.717, 1.165) is 81.9 Å². The first-order chi connectivity index (χ1) is 16.5. The topological polar surface area (TPSA) is 82.5 Å². The number of amides is 2. The first-order valence-electron chi connectivity index (χ1n) is 12.7. The summed E-state index contributed by atoms with van der Waals surface area (Å²) in [5.74, 6) is 0.466. The van der Waals surface area contributed by atoms with Crippen LogP contribution in [0, 0.1) is 5.92 Å². The molecule has 2 amide bonds. The van der Waals surface area contributed by atoms with Gasteiger partial charge in [-0.15, -0.1) is 0 Å². The molecule has 2 aliphatic heterocycles. The number of carbonyl (C=O) groups is 2. The molecule has 0 radical (unpaired) electrons. The Morgan fingerprint density at radius 3 is 2.74 bits per heavy atom. The minimum Gasteiger partial charge on any atom is -0.336 e. The summed E-state index contributed by atoms with van der Waals surface area (Å²) in [6.07, 6.45) is 6.99. The van der Waals surface area contributed by atoms with E-state index in [1.54, 1.807) is 6.20 Å². The molecule has 3 heterocycles. The summed E-state index contributed by atoms with van der Waals surface area (Å²) in [6, 6.07) is 5.98. The average molecular weight is 465 g/mol. The number of hydrogen-bond donors (Lipinski definition) is 2. The fourth-order valence-electron chi connectivity index (χ4n) is 5.37. The Hall–Kier alpha value is -2.71. The third-order valence-electron chi connectivity index (χ3n) is 7.67. The van der Waals surface area contributed by atoms with Crippen molar-refractivity contribution in [2.45, 2.75) is 51.6 Å². The molecule has 2 aromatic rings. The lowest BCUT2D eigenvalue weighted by molar-refractivity contribution is -0.117. The number of anilines is 1. The van der Waals surface area contributed by atoms with Crippen LogP contribution in [0.1, 0.15) is 46.9 Å². The zero-order valence-electron chi connectivity index (χ0n) is 20.3. The van der Waals surface area contributed by atoms with Crippen molar-refractivity contribution in [3.05, 3.63) is 46.8 Å². The Morgan fingerprint density at radius 2 is 1.91 bits per heavy atom. The molecule has 3 aliphatic rings. The fourth-order valence-corrected chi connectivity index (χ4v) is 5.37. The van der Waals surface area contributed by atoms with Gasteiger partial charge in [-0.05, 0) is 81.8 Å². The monoisotopic (exact) mass is 464 g/mol. The van der Waals surface area contributed by atoms with Crippen LogP contribution in [0.25, 0.3) is 0 Å². The molecular weight excluding hydrogens is 428 g/mol. The Balaban J connectivity index is 1.15.